The maximum absolute atomic E-state index is 13.3. The Morgan fingerprint density at radius 1 is 1.54 bits per heavy atom. The lowest BCUT2D eigenvalue weighted by atomic mass is 10.1. The van der Waals surface area contributed by atoms with Gasteiger partial charge in [-0.3, -0.25) is 4.65 Å². The number of hydroxylamine groups is 2. The normalized spacial score (nSPS) is 24.2. The van der Waals surface area contributed by atoms with Crippen molar-refractivity contribution in [3.63, 3.8) is 0 Å². The van der Waals surface area contributed by atoms with Crippen molar-refractivity contribution in [1.29, 1.82) is 0 Å². The van der Waals surface area contributed by atoms with Crippen molar-refractivity contribution in [2.45, 2.75) is 19.6 Å². The van der Waals surface area contributed by atoms with Crippen molar-refractivity contribution in [2.75, 3.05) is 20.3 Å². The second kappa shape index (κ2) is 6.89. The number of ether oxygens (including phenoxy) is 1. The van der Waals surface area contributed by atoms with Crippen LogP contribution in [-0.2, 0) is 11.2 Å². The number of esters is 1. The summed E-state index contributed by atoms with van der Waals surface area (Å²) in [6.07, 6.45) is 1.50. The molecule has 0 radical (unpaired) electrons. The maximum atomic E-state index is 13.3. The van der Waals surface area contributed by atoms with E-state index in [0.29, 0.717) is 17.2 Å². The van der Waals surface area contributed by atoms with Crippen molar-refractivity contribution >= 4 is 38.4 Å². The highest BCUT2D eigenvalue weighted by molar-refractivity contribution is 9.11. The van der Waals surface area contributed by atoms with E-state index >= 15 is 0 Å². The number of quaternary nitrogens is 1. The zero-order chi connectivity index (χ0) is 17.3. The molecule has 6 nitrogen and oxygen atoms in total. The van der Waals surface area contributed by atoms with Crippen LogP contribution in [0, 0.1) is 5.21 Å². The summed E-state index contributed by atoms with van der Waals surface area (Å²) in [5.74, 6) is -0.457. The maximum Gasteiger partial charge on any atom is 0.342 e. The highest BCUT2D eigenvalue weighted by atomic mass is 79.9. The second-order valence-corrected chi connectivity index (χ2v) is 8.18. The first-order chi connectivity index (χ1) is 11.4. The molecule has 1 aliphatic rings. The number of nitrogens with zero attached hydrogens (tertiary/aromatic N) is 3. The number of aromatic nitrogens is 1. The number of hydrogen-bond acceptors (Lipinski definition) is 6. The summed E-state index contributed by atoms with van der Waals surface area (Å²) in [5, 5.41) is 13.7. The molecule has 3 rings (SSSR count). The van der Waals surface area contributed by atoms with E-state index in [9.17, 15) is 10.0 Å². The van der Waals surface area contributed by atoms with Gasteiger partial charge in [0.2, 0.25) is 0 Å². The molecule has 8 heteroatoms. The number of likely N-dealkylation sites (N-methyl/N-ethyl adjacent to an activating group) is 1. The van der Waals surface area contributed by atoms with Crippen molar-refractivity contribution in [3.05, 3.63) is 50.6 Å². The fourth-order valence-corrected chi connectivity index (χ4v) is 4.10. The van der Waals surface area contributed by atoms with Gasteiger partial charge in [-0.2, -0.15) is 4.98 Å². The molecule has 128 valence electrons. The molecule has 0 bridgehead atoms. The van der Waals surface area contributed by atoms with E-state index in [1.54, 1.807) is 18.3 Å². The Morgan fingerprint density at radius 3 is 2.96 bits per heavy atom. The van der Waals surface area contributed by atoms with Gasteiger partial charge >= 0.3 is 5.97 Å². The number of halogens is 1. The van der Waals surface area contributed by atoms with Gasteiger partial charge < -0.3 is 9.94 Å². The molecule has 1 aromatic carbocycles. The van der Waals surface area contributed by atoms with Crippen LogP contribution < -0.4 is 4.65 Å². The first kappa shape index (κ1) is 17.5. The Bertz CT molecular complexity index is 754. The van der Waals surface area contributed by atoms with Gasteiger partial charge in [-0.15, -0.1) is 0 Å². The molecule has 0 aliphatic carbocycles. The minimum atomic E-state index is -0.828. The molecular formula is C16H18BrN3O3S. The molecule has 0 N–H and O–H groups in total. The zero-order valence-electron chi connectivity index (χ0n) is 13.4. The lowest BCUT2D eigenvalue weighted by Crippen LogP contribution is -2.50. The standard InChI is InChI=1S/C16H18BrN3O3S/c1-3-11-6-4-5-7-12(11)15(21)23-14-9-19(2)10-20(14,22)16-18-8-13(17)24-16/h4-8,14H,3,9-10H2,1-2H3. The number of benzene rings is 1. The van der Waals surface area contributed by atoms with E-state index < -0.39 is 16.8 Å². The van der Waals surface area contributed by atoms with E-state index in [2.05, 4.69) is 20.9 Å². The Kier molecular flexibility index (Phi) is 5.03. The first-order valence-corrected chi connectivity index (χ1v) is 9.23. The summed E-state index contributed by atoms with van der Waals surface area (Å²) in [5.41, 5.74) is 1.43. The van der Waals surface area contributed by atoms with Crippen LogP contribution >= 0.6 is 27.3 Å². The van der Waals surface area contributed by atoms with Gasteiger partial charge in [0.15, 0.2) is 0 Å². The second-order valence-electron chi connectivity index (χ2n) is 5.79. The van der Waals surface area contributed by atoms with Crippen molar-refractivity contribution in [2.24, 2.45) is 0 Å². The molecular weight excluding hydrogens is 394 g/mol. The summed E-state index contributed by atoms with van der Waals surface area (Å²) in [6, 6.07) is 7.32. The summed E-state index contributed by atoms with van der Waals surface area (Å²) in [4.78, 5) is 18.6. The third-order valence-electron chi connectivity index (χ3n) is 4.03. The summed E-state index contributed by atoms with van der Waals surface area (Å²) in [7, 11) is 1.83. The highest BCUT2D eigenvalue weighted by Gasteiger charge is 2.45. The minimum Gasteiger partial charge on any atom is -0.622 e. The fourth-order valence-electron chi connectivity index (χ4n) is 2.85. The number of hydrogen-bond donors (Lipinski definition) is 0. The topological polar surface area (TPSA) is 65.5 Å². The molecule has 0 amide bonds. The Morgan fingerprint density at radius 2 is 2.29 bits per heavy atom. The molecule has 2 aromatic rings. The third-order valence-corrected chi connectivity index (χ3v) is 5.62. The monoisotopic (exact) mass is 411 g/mol. The number of aryl methyl sites for hydroxylation is 1. The van der Waals surface area contributed by atoms with Crippen LogP contribution in [0.15, 0.2) is 34.2 Å². The van der Waals surface area contributed by atoms with Gasteiger partial charge in [0.1, 0.15) is 6.67 Å². The third kappa shape index (κ3) is 3.25. The molecule has 1 aromatic heterocycles. The molecule has 2 atom stereocenters. The van der Waals surface area contributed by atoms with E-state index in [4.69, 9.17) is 4.74 Å². The van der Waals surface area contributed by atoms with Crippen molar-refractivity contribution < 1.29 is 9.53 Å². The zero-order valence-corrected chi connectivity index (χ0v) is 15.8. The SMILES string of the molecule is CCc1ccccc1C(=O)OC1CN(C)C[N+]1([O-])c1ncc(Br)s1. The van der Waals surface area contributed by atoms with E-state index in [-0.39, 0.29) is 6.67 Å². The predicted molar refractivity (Wildman–Crippen MR) is 97.5 cm³/mol. The Balaban J connectivity index is 1.86. The van der Waals surface area contributed by atoms with Crippen LogP contribution in [0.1, 0.15) is 22.8 Å². The summed E-state index contributed by atoms with van der Waals surface area (Å²) < 4.78 is 5.63. The number of carbonyl (C=O) groups excluding carboxylic acids is 1. The van der Waals surface area contributed by atoms with Gasteiger partial charge in [-0.05, 0) is 52.4 Å². The van der Waals surface area contributed by atoms with Crippen molar-refractivity contribution in [1.82, 2.24) is 14.5 Å². The smallest absolute Gasteiger partial charge is 0.342 e. The quantitative estimate of drug-likeness (QED) is 0.438. The van der Waals surface area contributed by atoms with Gasteiger partial charge in [0.25, 0.3) is 11.4 Å². The lowest BCUT2D eigenvalue weighted by molar-refractivity contribution is 0.00559. The van der Waals surface area contributed by atoms with Crippen LogP contribution in [0.5, 0.6) is 0 Å². The summed E-state index contributed by atoms with van der Waals surface area (Å²) in [6.45, 7) is 2.56. The summed E-state index contributed by atoms with van der Waals surface area (Å²) >= 11 is 4.60. The van der Waals surface area contributed by atoms with E-state index in [1.807, 2.05) is 31.0 Å². The minimum absolute atomic E-state index is 0.202. The number of thiazole rings is 1. The molecule has 24 heavy (non-hydrogen) atoms. The highest BCUT2D eigenvalue weighted by Crippen LogP contribution is 2.36. The van der Waals surface area contributed by atoms with Crippen LogP contribution in [0.25, 0.3) is 0 Å². The largest absolute Gasteiger partial charge is 0.622 e. The van der Waals surface area contributed by atoms with Crippen molar-refractivity contribution in [3.8, 4) is 0 Å². The van der Waals surface area contributed by atoms with Crippen LogP contribution in [0.3, 0.4) is 0 Å². The Hall–Kier alpha value is -1.32. The molecule has 1 fully saturated rings. The van der Waals surface area contributed by atoms with Gasteiger partial charge in [-0.1, -0.05) is 25.1 Å². The molecule has 2 unspecified atom stereocenters. The van der Waals surface area contributed by atoms with E-state index in [1.165, 1.54) is 11.3 Å². The number of rotatable bonds is 4. The molecule has 0 spiro atoms. The average molecular weight is 412 g/mol. The lowest BCUT2D eigenvalue weighted by Gasteiger charge is -2.38. The van der Waals surface area contributed by atoms with E-state index in [0.717, 1.165) is 15.8 Å². The van der Waals surface area contributed by atoms with Crippen LogP contribution in [-0.4, -0.2) is 42.3 Å². The predicted octanol–water partition coefficient (Wildman–Crippen LogP) is 3.36. The van der Waals surface area contributed by atoms with Gasteiger partial charge in [0, 0.05) is 0 Å². The van der Waals surface area contributed by atoms with Gasteiger partial charge in [0.05, 0.1) is 22.1 Å². The van der Waals surface area contributed by atoms with Gasteiger partial charge in [-0.25, -0.2) is 9.69 Å². The number of carbonyl (C=O) groups is 1. The molecule has 0 saturated carbocycles. The average Bonchev–Trinajstić information content (AvgIpc) is 3.12. The Labute approximate surface area is 153 Å². The first-order valence-electron chi connectivity index (χ1n) is 7.62. The fraction of sp³-hybridized carbons (Fsp3) is 0.375. The van der Waals surface area contributed by atoms with Crippen LogP contribution in [0.4, 0.5) is 5.13 Å². The molecule has 1 aliphatic heterocycles. The van der Waals surface area contributed by atoms with Crippen LogP contribution in [0.2, 0.25) is 0 Å². The molecule has 1 saturated heterocycles. The molecule has 2 heterocycles.